The van der Waals surface area contributed by atoms with Crippen LogP contribution in [-0.4, -0.2) is 0 Å². The highest BCUT2D eigenvalue weighted by atomic mass is 16.3. The number of benzene rings is 12. The molecule has 13 rings (SSSR count). The van der Waals surface area contributed by atoms with Crippen LogP contribution in [0.1, 0.15) is 0 Å². The molecule has 0 unspecified atom stereocenters. The third-order valence-corrected chi connectivity index (χ3v) is 12.9. The first kappa shape index (κ1) is 35.4. The fourth-order valence-electron chi connectivity index (χ4n) is 10.2. The largest absolute Gasteiger partial charge is 0.454 e. The van der Waals surface area contributed by atoms with E-state index in [1.807, 2.05) is 0 Å². The molecule has 0 aliphatic heterocycles. The number of anilines is 6. The van der Waals surface area contributed by atoms with Gasteiger partial charge < -0.3 is 14.2 Å². The molecule has 0 spiro atoms. The minimum atomic E-state index is 0.880. The Hall–Kier alpha value is -8.40. The van der Waals surface area contributed by atoms with Gasteiger partial charge in [-0.3, -0.25) is 0 Å². The van der Waals surface area contributed by atoms with E-state index in [0.29, 0.717) is 0 Å². The van der Waals surface area contributed by atoms with E-state index < -0.39 is 0 Å². The van der Waals surface area contributed by atoms with Crippen LogP contribution in [0.15, 0.2) is 235 Å². The van der Waals surface area contributed by atoms with Gasteiger partial charge in [0, 0.05) is 38.4 Å². The summed E-state index contributed by atoms with van der Waals surface area (Å²) in [5.41, 5.74) is 12.9. The van der Waals surface area contributed by atoms with Gasteiger partial charge in [0.1, 0.15) is 5.58 Å². The van der Waals surface area contributed by atoms with Crippen LogP contribution in [0.5, 0.6) is 0 Å². The average molecular weight is 803 g/mol. The smallest absolute Gasteiger partial charge is 0.160 e. The Labute approximate surface area is 364 Å². The first-order valence-corrected chi connectivity index (χ1v) is 21.6. The van der Waals surface area contributed by atoms with Gasteiger partial charge in [-0.2, -0.15) is 0 Å². The highest BCUT2D eigenvalue weighted by Gasteiger charge is 2.27. The van der Waals surface area contributed by atoms with Crippen molar-refractivity contribution in [1.29, 1.82) is 0 Å². The second kappa shape index (κ2) is 14.1. The highest BCUT2D eigenvalue weighted by Crippen LogP contribution is 2.52. The van der Waals surface area contributed by atoms with Gasteiger partial charge in [-0.1, -0.05) is 182 Å². The van der Waals surface area contributed by atoms with Crippen molar-refractivity contribution in [2.24, 2.45) is 0 Å². The lowest BCUT2D eigenvalue weighted by molar-refractivity contribution is 0.669. The van der Waals surface area contributed by atoms with Crippen molar-refractivity contribution in [2.45, 2.75) is 0 Å². The lowest BCUT2D eigenvalue weighted by Gasteiger charge is -2.31. The van der Waals surface area contributed by atoms with E-state index in [1.54, 1.807) is 0 Å². The predicted octanol–water partition coefficient (Wildman–Crippen LogP) is 17.3. The van der Waals surface area contributed by atoms with Crippen LogP contribution in [-0.2, 0) is 0 Å². The maximum absolute atomic E-state index is 6.96. The van der Waals surface area contributed by atoms with Crippen molar-refractivity contribution in [1.82, 2.24) is 0 Å². The Balaban J connectivity index is 1.10. The molecular formula is C60H38N2O. The fraction of sp³-hybridized carbons (Fsp3) is 0. The second-order valence-corrected chi connectivity index (χ2v) is 16.4. The molecule has 1 aromatic heterocycles. The summed E-state index contributed by atoms with van der Waals surface area (Å²) in [5, 5.41) is 11.9. The van der Waals surface area contributed by atoms with Crippen molar-refractivity contribution in [3.8, 4) is 22.3 Å². The molecule has 12 aromatic carbocycles. The van der Waals surface area contributed by atoms with Gasteiger partial charge in [0.25, 0.3) is 0 Å². The third-order valence-electron chi connectivity index (χ3n) is 12.9. The van der Waals surface area contributed by atoms with E-state index in [2.05, 4.69) is 240 Å². The first-order chi connectivity index (χ1) is 31.3. The number of hydrogen-bond acceptors (Lipinski definition) is 3. The summed E-state index contributed by atoms with van der Waals surface area (Å²) >= 11 is 0. The molecule has 0 radical (unpaired) electrons. The maximum Gasteiger partial charge on any atom is 0.160 e. The minimum absolute atomic E-state index is 0.880. The van der Waals surface area contributed by atoms with Crippen molar-refractivity contribution in [3.63, 3.8) is 0 Å². The van der Waals surface area contributed by atoms with Crippen LogP contribution in [0.25, 0.3) is 87.3 Å². The monoisotopic (exact) mass is 802 g/mol. The van der Waals surface area contributed by atoms with Gasteiger partial charge in [0.2, 0.25) is 0 Å². The normalized spacial score (nSPS) is 11.8. The summed E-state index contributed by atoms with van der Waals surface area (Å²) in [6, 6.07) is 83.5. The highest BCUT2D eigenvalue weighted by molar-refractivity contribution is 6.29. The Morgan fingerprint density at radius 1 is 0.270 bits per heavy atom. The van der Waals surface area contributed by atoms with E-state index in [0.717, 1.165) is 61.8 Å². The number of rotatable bonds is 8. The van der Waals surface area contributed by atoms with Crippen LogP contribution in [0.3, 0.4) is 0 Å². The molecule has 294 valence electrons. The van der Waals surface area contributed by atoms with Gasteiger partial charge in [-0.25, -0.2) is 0 Å². The molecule has 13 aromatic rings. The molecule has 0 aliphatic rings. The predicted molar refractivity (Wildman–Crippen MR) is 266 cm³/mol. The Morgan fingerprint density at radius 3 is 1.32 bits per heavy atom. The van der Waals surface area contributed by atoms with Gasteiger partial charge in [0.05, 0.1) is 28.4 Å². The number of hydrogen-bond donors (Lipinski definition) is 0. The van der Waals surface area contributed by atoms with Crippen LogP contribution in [0.2, 0.25) is 0 Å². The molecule has 63 heavy (non-hydrogen) atoms. The topological polar surface area (TPSA) is 19.6 Å². The van der Waals surface area contributed by atoms with E-state index in [4.69, 9.17) is 4.42 Å². The zero-order valence-corrected chi connectivity index (χ0v) is 34.2. The molecule has 0 bridgehead atoms. The summed E-state index contributed by atoms with van der Waals surface area (Å²) in [6.07, 6.45) is 0. The van der Waals surface area contributed by atoms with E-state index in [-0.39, 0.29) is 0 Å². The van der Waals surface area contributed by atoms with E-state index >= 15 is 0 Å². The molecule has 0 aliphatic carbocycles. The number of nitrogens with zero attached hydrogens (tertiary/aromatic N) is 2. The zero-order valence-electron chi connectivity index (χ0n) is 34.2. The van der Waals surface area contributed by atoms with Crippen molar-refractivity contribution >= 4 is 99.2 Å². The Morgan fingerprint density at radius 2 is 0.714 bits per heavy atom. The molecule has 0 amide bonds. The molecule has 0 atom stereocenters. The number of para-hydroxylation sites is 3. The standard InChI is InChI=1S/C60H38N2O/c1-4-15-39(16-5-1)46-22-10-12-24-50(46)61(45-20-8-3-9-21-45)52-36-31-42-30-35-49-53(37-32-43-29-34-48(52)56(42)57(43)49)62(51-25-13-11-23-47(51)40-17-6-2-7-18-40)54-38-33-44-28-27-41-19-14-26-55-58(41)59(44)60(54)63-55/h1-38H. The lowest BCUT2D eigenvalue weighted by atomic mass is 9.91. The first-order valence-electron chi connectivity index (χ1n) is 21.6. The van der Waals surface area contributed by atoms with Gasteiger partial charge >= 0.3 is 0 Å². The summed E-state index contributed by atoms with van der Waals surface area (Å²) in [4.78, 5) is 4.88. The Bertz CT molecular complexity index is 3800. The van der Waals surface area contributed by atoms with Gasteiger partial charge in [0.15, 0.2) is 5.58 Å². The van der Waals surface area contributed by atoms with Crippen molar-refractivity contribution in [2.75, 3.05) is 9.80 Å². The summed E-state index contributed by atoms with van der Waals surface area (Å²) in [6.45, 7) is 0. The van der Waals surface area contributed by atoms with Crippen molar-refractivity contribution in [3.05, 3.63) is 231 Å². The van der Waals surface area contributed by atoms with Gasteiger partial charge in [-0.05, 0) is 92.0 Å². The Kier molecular flexibility index (Phi) is 7.91. The molecule has 0 saturated carbocycles. The SMILES string of the molecule is c1ccc(-c2ccccc2N(c2ccccc2)c2ccc3ccc4c(N(c5ccccc5-c5ccccc5)c5ccc6ccc7cccc8oc5c6c78)ccc5ccc2c3c54)cc1. The summed E-state index contributed by atoms with van der Waals surface area (Å²) in [7, 11) is 0. The average Bonchev–Trinajstić information content (AvgIpc) is 3.76. The summed E-state index contributed by atoms with van der Waals surface area (Å²) in [5.74, 6) is 0. The van der Waals surface area contributed by atoms with Crippen LogP contribution >= 0.6 is 0 Å². The van der Waals surface area contributed by atoms with Crippen LogP contribution in [0, 0.1) is 0 Å². The fourth-order valence-corrected chi connectivity index (χ4v) is 10.2. The number of furan rings is 1. The third kappa shape index (κ3) is 5.46. The molecule has 3 heteroatoms. The van der Waals surface area contributed by atoms with E-state index in [9.17, 15) is 0 Å². The van der Waals surface area contributed by atoms with Crippen LogP contribution < -0.4 is 9.80 Å². The molecule has 0 N–H and O–H groups in total. The molecule has 0 saturated heterocycles. The summed E-state index contributed by atoms with van der Waals surface area (Å²) < 4.78 is 6.96. The molecular weight excluding hydrogens is 765 g/mol. The second-order valence-electron chi connectivity index (χ2n) is 16.4. The van der Waals surface area contributed by atoms with Gasteiger partial charge in [-0.15, -0.1) is 0 Å². The van der Waals surface area contributed by atoms with Crippen LogP contribution in [0.4, 0.5) is 34.1 Å². The molecule has 0 fully saturated rings. The molecule has 3 nitrogen and oxygen atoms in total. The quantitative estimate of drug-likeness (QED) is 0.143. The molecule has 1 heterocycles. The lowest BCUT2D eigenvalue weighted by Crippen LogP contribution is -2.13. The van der Waals surface area contributed by atoms with E-state index in [1.165, 1.54) is 59.6 Å². The zero-order chi connectivity index (χ0) is 41.4. The maximum atomic E-state index is 6.96. The van der Waals surface area contributed by atoms with Crippen molar-refractivity contribution < 1.29 is 4.42 Å². The minimum Gasteiger partial charge on any atom is -0.454 e.